The van der Waals surface area contributed by atoms with Crippen LogP contribution in [-0.4, -0.2) is 12.3 Å². The van der Waals surface area contributed by atoms with Gasteiger partial charge in [0.1, 0.15) is 0 Å². The Morgan fingerprint density at radius 3 is 2.30 bits per heavy atom. The second kappa shape index (κ2) is 6.02. The molecule has 0 bridgehead atoms. The second-order valence-corrected chi connectivity index (χ2v) is 4.63. The molecule has 0 heterocycles. The molecule has 0 aliphatic heterocycles. The number of aryl methyl sites for hydroxylation is 2. The summed E-state index contributed by atoms with van der Waals surface area (Å²) in [5.41, 5.74) is 3.74. The number of carbonyl (C=O) groups is 2. The Morgan fingerprint density at radius 2 is 1.65 bits per heavy atom. The fraction of sp³-hybridized carbons (Fsp3) is 0.125. The molecule has 0 atom stereocenters. The van der Waals surface area contributed by atoms with Gasteiger partial charge in [-0.1, -0.05) is 29.3 Å². The standard InChI is InChI=1S/C16H16N2O2/c1-11-3-6-13(7-4-11)18-16(20)14-9-12(2)5-8-15(14)17-10-19/h3-10H,1-2H3,(H,17,19)(H,18,20). The second-order valence-electron chi connectivity index (χ2n) is 4.63. The summed E-state index contributed by atoms with van der Waals surface area (Å²) in [4.78, 5) is 22.9. The zero-order valence-electron chi connectivity index (χ0n) is 11.4. The predicted molar refractivity (Wildman–Crippen MR) is 80.0 cm³/mol. The Balaban J connectivity index is 2.26. The molecule has 0 aliphatic carbocycles. The van der Waals surface area contributed by atoms with E-state index in [1.54, 1.807) is 12.1 Å². The molecular weight excluding hydrogens is 252 g/mol. The van der Waals surface area contributed by atoms with Crippen LogP contribution in [0.1, 0.15) is 21.5 Å². The molecule has 2 rings (SSSR count). The maximum absolute atomic E-state index is 12.3. The first kappa shape index (κ1) is 13.8. The molecule has 2 aromatic carbocycles. The molecule has 102 valence electrons. The number of hydrogen-bond donors (Lipinski definition) is 2. The molecule has 20 heavy (non-hydrogen) atoms. The largest absolute Gasteiger partial charge is 0.328 e. The van der Waals surface area contributed by atoms with Gasteiger partial charge in [-0.25, -0.2) is 0 Å². The van der Waals surface area contributed by atoms with E-state index < -0.39 is 0 Å². The van der Waals surface area contributed by atoms with Crippen LogP contribution in [0.3, 0.4) is 0 Å². The van der Waals surface area contributed by atoms with Gasteiger partial charge < -0.3 is 10.6 Å². The van der Waals surface area contributed by atoms with Crippen molar-refractivity contribution in [1.29, 1.82) is 0 Å². The van der Waals surface area contributed by atoms with Crippen LogP contribution in [0.25, 0.3) is 0 Å². The van der Waals surface area contributed by atoms with E-state index >= 15 is 0 Å². The van der Waals surface area contributed by atoms with E-state index in [4.69, 9.17) is 0 Å². The molecule has 4 nitrogen and oxygen atoms in total. The molecule has 0 aliphatic rings. The van der Waals surface area contributed by atoms with Crippen LogP contribution in [0.2, 0.25) is 0 Å². The average molecular weight is 268 g/mol. The molecule has 0 saturated carbocycles. The van der Waals surface area contributed by atoms with Crippen molar-refractivity contribution in [3.05, 3.63) is 59.2 Å². The molecule has 2 N–H and O–H groups in total. The normalized spacial score (nSPS) is 9.90. The SMILES string of the molecule is Cc1ccc(NC(=O)c2cc(C)ccc2NC=O)cc1. The highest BCUT2D eigenvalue weighted by molar-refractivity contribution is 6.09. The molecule has 0 saturated heterocycles. The van der Waals surface area contributed by atoms with Crippen LogP contribution in [0.5, 0.6) is 0 Å². The highest BCUT2D eigenvalue weighted by Gasteiger charge is 2.11. The van der Waals surface area contributed by atoms with Gasteiger partial charge >= 0.3 is 0 Å². The molecule has 0 spiro atoms. The third-order valence-corrected chi connectivity index (χ3v) is 2.94. The minimum absolute atomic E-state index is 0.248. The summed E-state index contributed by atoms with van der Waals surface area (Å²) in [6.07, 6.45) is 0.563. The molecule has 0 radical (unpaired) electrons. The summed E-state index contributed by atoms with van der Waals surface area (Å²) < 4.78 is 0. The van der Waals surface area contributed by atoms with Crippen LogP contribution in [0.4, 0.5) is 11.4 Å². The monoisotopic (exact) mass is 268 g/mol. The van der Waals surface area contributed by atoms with Crippen molar-refractivity contribution < 1.29 is 9.59 Å². The van der Waals surface area contributed by atoms with Crippen molar-refractivity contribution in [3.8, 4) is 0 Å². The number of benzene rings is 2. The maximum Gasteiger partial charge on any atom is 0.257 e. The highest BCUT2D eigenvalue weighted by atomic mass is 16.2. The van der Waals surface area contributed by atoms with E-state index in [-0.39, 0.29) is 5.91 Å². The summed E-state index contributed by atoms with van der Waals surface area (Å²) in [7, 11) is 0. The van der Waals surface area contributed by atoms with Crippen LogP contribution < -0.4 is 10.6 Å². The lowest BCUT2D eigenvalue weighted by atomic mass is 10.1. The Kier molecular flexibility index (Phi) is 4.15. The van der Waals surface area contributed by atoms with Gasteiger partial charge in [0.05, 0.1) is 11.3 Å². The predicted octanol–water partition coefficient (Wildman–Crippen LogP) is 3.12. The highest BCUT2D eigenvalue weighted by Crippen LogP contribution is 2.19. The van der Waals surface area contributed by atoms with Gasteiger partial charge in [-0.05, 0) is 38.1 Å². The van der Waals surface area contributed by atoms with Crippen molar-refractivity contribution in [3.63, 3.8) is 0 Å². The number of amides is 2. The third-order valence-electron chi connectivity index (χ3n) is 2.94. The first-order valence-electron chi connectivity index (χ1n) is 6.29. The van der Waals surface area contributed by atoms with Gasteiger partial charge in [0.25, 0.3) is 5.91 Å². The van der Waals surface area contributed by atoms with Crippen molar-refractivity contribution in [2.24, 2.45) is 0 Å². The Morgan fingerprint density at radius 1 is 1.00 bits per heavy atom. The van der Waals surface area contributed by atoms with Gasteiger partial charge in [0.2, 0.25) is 6.41 Å². The summed E-state index contributed by atoms with van der Waals surface area (Å²) in [5.74, 6) is -0.248. The summed E-state index contributed by atoms with van der Waals surface area (Å²) in [6, 6.07) is 12.8. The van der Waals surface area contributed by atoms with E-state index in [0.29, 0.717) is 17.7 Å². The number of anilines is 2. The third kappa shape index (κ3) is 3.23. The van der Waals surface area contributed by atoms with Crippen molar-refractivity contribution in [2.75, 3.05) is 10.6 Å². The van der Waals surface area contributed by atoms with Crippen molar-refractivity contribution >= 4 is 23.7 Å². The summed E-state index contributed by atoms with van der Waals surface area (Å²) in [5, 5.41) is 5.35. The van der Waals surface area contributed by atoms with Crippen LogP contribution in [0, 0.1) is 13.8 Å². The van der Waals surface area contributed by atoms with Crippen LogP contribution in [-0.2, 0) is 4.79 Å². The molecule has 0 unspecified atom stereocenters. The van der Waals surface area contributed by atoms with E-state index in [2.05, 4.69) is 10.6 Å². The van der Waals surface area contributed by atoms with E-state index in [0.717, 1.165) is 16.8 Å². The Labute approximate surface area is 117 Å². The summed E-state index contributed by atoms with van der Waals surface area (Å²) in [6.45, 7) is 3.88. The van der Waals surface area contributed by atoms with Gasteiger partial charge in [-0.15, -0.1) is 0 Å². The van der Waals surface area contributed by atoms with Crippen LogP contribution >= 0.6 is 0 Å². The maximum atomic E-state index is 12.3. The number of rotatable bonds is 4. The minimum Gasteiger partial charge on any atom is -0.328 e. The van der Waals surface area contributed by atoms with Crippen molar-refractivity contribution in [1.82, 2.24) is 0 Å². The first-order chi connectivity index (χ1) is 9.60. The quantitative estimate of drug-likeness (QED) is 0.837. The topological polar surface area (TPSA) is 58.2 Å². The molecule has 0 aromatic heterocycles. The zero-order chi connectivity index (χ0) is 14.5. The Bertz CT molecular complexity index is 633. The molecule has 4 heteroatoms. The Hall–Kier alpha value is -2.62. The minimum atomic E-state index is -0.248. The number of nitrogens with one attached hydrogen (secondary N) is 2. The lowest BCUT2D eigenvalue weighted by Crippen LogP contribution is -2.14. The van der Waals surface area contributed by atoms with Gasteiger partial charge in [-0.3, -0.25) is 9.59 Å². The molecule has 2 aromatic rings. The first-order valence-corrected chi connectivity index (χ1v) is 6.29. The molecule has 2 amide bonds. The van der Waals surface area contributed by atoms with E-state index in [9.17, 15) is 9.59 Å². The average Bonchev–Trinajstić information content (AvgIpc) is 2.43. The van der Waals surface area contributed by atoms with Crippen LogP contribution in [0.15, 0.2) is 42.5 Å². The fourth-order valence-electron chi connectivity index (χ4n) is 1.87. The lowest BCUT2D eigenvalue weighted by Gasteiger charge is -2.10. The lowest BCUT2D eigenvalue weighted by molar-refractivity contribution is -0.105. The van der Waals surface area contributed by atoms with Gasteiger partial charge in [0.15, 0.2) is 0 Å². The smallest absolute Gasteiger partial charge is 0.257 e. The zero-order valence-corrected chi connectivity index (χ0v) is 11.4. The van der Waals surface area contributed by atoms with Crippen molar-refractivity contribution in [2.45, 2.75) is 13.8 Å². The fourth-order valence-corrected chi connectivity index (χ4v) is 1.87. The van der Waals surface area contributed by atoms with E-state index in [1.165, 1.54) is 0 Å². The number of carbonyl (C=O) groups excluding carboxylic acids is 2. The molecular formula is C16H16N2O2. The van der Waals surface area contributed by atoms with Gasteiger partial charge in [0, 0.05) is 5.69 Å². The van der Waals surface area contributed by atoms with Gasteiger partial charge in [-0.2, -0.15) is 0 Å². The molecule has 0 fully saturated rings. The number of hydrogen-bond acceptors (Lipinski definition) is 2. The summed E-state index contributed by atoms with van der Waals surface area (Å²) >= 11 is 0. The van der Waals surface area contributed by atoms with E-state index in [1.807, 2.05) is 44.2 Å².